The summed E-state index contributed by atoms with van der Waals surface area (Å²) in [5, 5.41) is 25.3. The maximum Gasteiger partial charge on any atom is 0.315 e. The maximum absolute atomic E-state index is 11.9. The molecule has 1 aliphatic carbocycles. The average molecular weight is 375 g/mol. The van der Waals surface area contributed by atoms with Crippen molar-refractivity contribution in [3.8, 4) is 0 Å². The number of hydrogen-bond donors (Lipinski definition) is 4. The second kappa shape index (κ2) is 8.55. The SMILES string of the molecule is O=C(NCC(O)c1cc(Cl)cc(Cl)c1)NC1CCC(C(=O)O)CC1. The van der Waals surface area contributed by atoms with Crippen LogP contribution >= 0.6 is 23.2 Å². The lowest BCUT2D eigenvalue weighted by atomic mass is 9.86. The quantitative estimate of drug-likeness (QED) is 0.636. The highest BCUT2D eigenvalue weighted by molar-refractivity contribution is 6.34. The minimum absolute atomic E-state index is 0.0208. The standard InChI is InChI=1S/C16H20Cl2N2O4/c17-11-5-10(6-12(18)7-11)14(21)8-19-16(24)20-13-3-1-9(2-4-13)15(22)23/h5-7,9,13-14,21H,1-4,8H2,(H,22,23)(H2,19,20,24). The smallest absolute Gasteiger partial charge is 0.315 e. The van der Waals surface area contributed by atoms with Gasteiger partial charge in [0.05, 0.1) is 12.0 Å². The summed E-state index contributed by atoms with van der Waals surface area (Å²) in [5.41, 5.74) is 0.523. The molecule has 0 bridgehead atoms. The van der Waals surface area contributed by atoms with Gasteiger partial charge in [0, 0.05) is 22.6 Å². The van der Waals surface area contributed by atoms with E-state index in [2.05, 4.69) is 10.6 Å². The van der Waals surface area contributed by atoms with E-state index in [0.717, 1.165) is 0 Å². The van der Waals surface area contributed by atoms with Gasteiger partial charge in [-0.1, -0.05) is 23.2 Å². The van der Waals surface area contributed by atoms with E-state index in [0.29, 0.717) is 41.3 Å². The van der Waals surface area contributed by atoms with E-state index in [-0.39, 0.29) is 24.5 Å². The fourth-order valence-corrected chi connectivity index (χ4v) is 3.34. The Morgan fingerprint density at radius 1 is 1.12 bits per heavy atom. The van der Waals surface area contributed by atoms with Crippen LogP contribution in [0.5, 0.6) is 0 Å². The van der Waals surface area contributed by atoms with Crippen LogP contribution in [0.25, 0.3) is 0 Å². The number of halogens is 2. The Hall–Kier alpha value is -1.50. The number of carboxylic acids is 1. The van der Waals surface area contributed by atoms with Gasteiger partial charge in [-0.15, -0.1) is 0 Å². The molecule has 0 saturated heterocycles. The summed E-state index contributed by atoms with van der Waals surface area (Å²) in [6, 6.07) is 4.31. The summed E-state index contributed by atoms with van der Waals surface area (Å²) in [6.45, 7) is 0.0208. The lowest BCUT2D eigenvalue weighted by Gasteiger charge is -2.27. The largest absolute Gasteiger partial charge is 0.481 e. The van der Waals surface area contributed by atoms with Crippen molar-refractivity contribution < 1.29 is 19.8 Å². The molecule has 0 radical (unpaired) electrons. The number of hydrogen-bond acceptors (Lipinski definition) is 3. The van der Waals surface area contributed by atoms with Gasteiger partial charge in [-0.05, 0) is 49.4 Å². The lowest BCUT2D eigenvalue weighted by Crippen LogP contribution is -2.45. The van der Waals surface area contributed by atoms with E-state index in [1.165, 1.54) is 0 Å². The molecule has 1 atom stereocenters. The van der Waals surface area contributed by atoms with Crippen molar-refractivity contribution in [3.63, 3.8) is 0 Å². The van der Waals surface area contributed by atoms with Crippen molar-refractivity contribution in [2.24, 2.45) is 5.92 Å². The number of carbonyl (C=O) groups excluding carboxylic acids is 1. The van der Waals surface area contributed by atoms with Gasteiger partial charge in [-0.2, -0.15) is 0 Å². The molecule has 132 valence electrons. The van der Waals surface area contributed by atoms with Crippen molar-refractivity contribution in [2.45, 2.75) is 37.8 Å². The predicted octanol–water partition coefficient (Wildman–Crippen LogP) is 2.97. The molecule has 0 aromatic heterocycles. The summed E-state index contributed by atoms with van der Waals surface area (Å²) in [6.07, 6.45) is 1.47. The van der Waals surface area contributed by atoms with Crippen molar-refractivity contribution in [2.75, 3.05) is 6.54 Å². The summed E-state index contributed by atoms with van der Waals surface area (Å²) in [5.74, 6) is -1.10. The van der Waals surface area contributed by atoms with Crippen LogP contribution in [-0.4, -0.2) is 34.8 Å². The van der Waals surface area contributed by atoms with Gasteiger partial charge in [-0.25, -0.2) is 4.79 Å². The summed E-state index contributed by atoms with van der Waals surface area (Å²) in [4.78, 5) is 22.8. The van der Waals surface area contributed by atoms with Gasteiger partial charge in [-0.3, -0.25) is 4.79 Å². The highest BCUT2D eigenvalue weighted by Gasteiger charge is 2.26. The van der Waals surface area contributed by atoms with Crippen LogP contribution in [0.1, 0.15) is 37.4 Å². The van der Waals surface area contributed by atoms with E-state index in [9.17, 15) is 14.7 Å². The number of amides is 2. The summed E-state index contributed by atoms with van der Waals surface area (Å²) < 4.78 is 0. The first-order chi connectivity index (χ1) is 11.3. The summed E-state index contributed by atoms with van der Waals surface area (Å²) in [7, 11) is 0. The minimum atomic E-state index is -0.922. The third kappa shape index (κ3) is 5.54. The van der Waals surface area contributed by atoms with Crippen LogP contribution in [0.15, 0.2) is 18.2 Å². The Balaban J connectivity index is 1.76. The van der Waals surface area contributed by atoms with E-state index < -0.39 is 12.1 Å². The number of rotatable bonds is 5. The minimum Gasteiger partial charge on any atom is -0.481 e. The van der Waals surface area contributed by atoms with E-state index in [1.807, 2.05) is 0 Å². The number of benzene rings is 1. The molecule has 1 unspecified atom stereocenters. The molecule has 0 spiro atoms. The first-order valence-corrected chi connectivity index (χ1v) is 8.52. The molecule has 2 rings (SSSR count). The van der Waals surface area contributed by atoms with Crippen LogP contribution in [-0.2, 0) is 4.79 Å². The molecule has 2 amide bonds. The molecule has 4 N–H and O–H groups in total. The highest BCUT2D eigenvalue weighted by atomic mass is 35.5. The zero-order chi connectivity index (χ0) is 17.7. The van der Waals surface area contributed by atoms with Crippen LogP contribution in [0.4, 0.5) is 4.79 Å². The number of urea groups is 1. The molecule has 1 aliphatic rings. The van der Waals surface area contributed by atoms with Crippen LogP contribution in [0, 0.1) is 5.92 Å². The molecule has 1 fully saturated rings. The number of aliphatic hydroxyl groups excluding tert-OH is 1. The Labute approximate surface area is 150 Å². The first-order valence-electron chi connectivity index (χ1n) is 7.76. The van der Waals surface area contributed by atoms with Gasteiger partial charge < -0.3 is 20.8 Å². The highest BCUT2D eigenvalue weighted by Crippen LogP contribution is 2.25. The first kappa shape index (κ1) is 18.8. The molecule has 1 aromatic carbocycles. The number of nitrogens with one attached hydrogen (secondary N) is 2. The maximum atomic E-state index is 11.9. The van der Waals surface area contributed by atoms with E-state index in [1.54, 1.807) is 18.2 Å². The van der Waals surface area contributed by atoms with Gasteiger partial charge in [0.1, 0.15) is 0 Å². The zero-order valence-corrected chi connectivity index (χ0v) is 14.5. The van der Waals surface area contributed by atoms with Crippen molar-refractivity contribution in [3.05, 3.63) is 33.8 Å². The van der Waals surface area contributed by atoms with E-state index in [4.69, 9.17) is 28.3 Å². The Bertz CT molecular complexity index is 583. The van der Waals surface area contributed by atoms with Gasteiger partial charge >= 0.3 is 12.0 Å². The molecule has 0 heterocycles. The third-order valence-corrected chi connectivity index (χ3v) is 4.57. The molecule has 1 saturated carbocycles. The lowest BCUT2D eigenvalue weighted by molar-refractivity contribution is -0.142. The molecule has 6 nitrogen and oxygen atoms in total. The Kier molecular flexibility index (Phi) is 6.71. The van der Waals surface area contributed by atoms with Gasteiger partial charge in [0.15, 0.2) is 0 Å². The van der Waals surface area contributed by atoms with Crippen molar-refractivity contribution >= 4 is 35.2 Å². The number of aliphatic hydroxyl groups is 1. The van der Waals surface area contributed by atoms with Crippen molar-refractivity contribution in [1.82, 2.24) is 10.6 Å². The number of carbonyl (C=O) groups is 2. The normalized spacial score (nSPS) is 21.8. The predicted molar refractivity (Wildman–Crippen MR) is 91.3 cm³/mol. The number of carboxylic acid groups (broad SMARTS) is 1. The molecule has 8 heteroatoms. The molecular formula is C16H20Cl2N2O4. The molecular weight excluding hydrogens is 355 g/mol. The average Bonchev–Trinajstić information content (AvgIpc) is 2.52. The molecule has 0 aliphatic heterocycles. The van der Waals surface area contributed by atoms with Crippen LogP contribution in [0.2, 0.25) is 10.0 Å². The van der Waals surface area contributed by atoms with E-state index >= 15 is 0 Å². The monoisotopic (exact) mass is 374 g/mol. The summed E-state index contributed by atoms with van der Waals surface area (Å²) >= 11 is 11.8. The zero-order valence-electron chi connectivity index (χ0n) is 13.0. The molecule has 1 aromatic rings. The van der Waals surface area contributed by atoms with Crippen LogP contribution in [0.3, 0.4) is 0 Å². The Morgan fingerprint density at radius 3 is 2.25 bits per heavy atom. The molecule has 24 heavy (non-hydrogen) atoms. The van der Waals surface area contributed by atoms with Crippen molar-refractivity contribution in [1.29, 1.82) is 0 Å². The fraction of sp³-hybridized carbons (Fsp3) is 0.500. The second-order valence-corrected chi connectivity index (χ2v) is 6.83. The van der Waals surface area contributed by atoms with Gasteiger partial charge in [0.2, 0.25) is 0 Å². The number of aliphatic carboxylic acids is 1. The van der Waals surface area contributed by atoms with Gasteiger partial charge in [0.25, 0.3) is 0 Å². The second-order valence-electron chi connectivity index (χ2n) is 5.96. The fourth-order valence-electron chi connectivity index (χ4n) is 2.80. The topological polar surface area (TPSA) is 98.7 Å². The third-order valence-electron chi connectivity index (χ3n) is 4.14. The van der Waals surface area contributed by atoms with Crippen LogP contribution < -0.4 is 10.6 Å². The Morgan fingerprint density at radius 2 is 1.71 bits per heavy atom.